The molecule has 1 aromatic heterocycles. The van der Waals surface area contributed by atoms with Gasteiger partial charge in [-0.1, -0.05) is 60.5 Å². The topological polar surface area (TPSA) is 96.8 Å². The number of carboxylic acids is 1. The van der Waals surface area contributed by atoms with E-state index in [0.717, 1.165) is 17.0 Å². The van der Waals surface area contributed by atoms with Crippen LogP contribution < -0.4 is 4.74 Å². The van der Waals surface area contributed by atoms with Crippen LogP contribution in [0.25, 0.3) is 0 Å². The van der Waals surface area contributed by atoms with E-state index in [4.69, 9.17) is 23.2 Å². The van der Waals surface area contributed by atoms with Gasteiger partial charge in [0.2, 0.25) is 18.2 Å². The van der Waals surface area contributed by atoms with Crippen molar-refractivity contribution in [2.75, 3.05) is 0 Å². The van der Waals surface area contributed by atoms with Gasteiger partial charge in [0.05, 0.1) is 29.6 Å². The molecule has 2 aromatic carbocycles. The molecule has 0 radical (unpaired) electrons. The molecule has 1 N–H and O–H groups in total. The molecule has 234 valence electrons. The predicted octanol–water partition coefficient (Wildman–Crippen LogP) is 7.79. The molecule has 0 saturated carbocycles. The highest BCUT2D eigenvalue weighted by molar-refractivity contribution is 6.30. The van der Waals surface area contributed by atoms with E-state index >= 15 is 0 Å². The SMILES string of the molecule is CC1(CC(=O)O)C[C@H](c2cccc(Cl)c2)[C@@H](c2ccc(Cl)cc2)N(C(CC(F)F)c2cccc(OC(=O)C(F)(F)F)n2)C1=O. The Morgan fingerprint density at radius 1 is 1.05 bits per heavy atom. The summed E-state index contributed by atoms with van der Waals surface area (Å²) in [6, 6.07) is 13.6. The van der Waals surface area contributed by atoms with Crippen LogP contribution in [0.1, 0.15) is 61.0 Å². The first-order chi connectivity index (χ1) is 20.6. The number of ether oxygens (including phenoxy) is 1. The second-order valence-corrected chi connectivity index (χ2v) is 11.5. The molecule has 1 aliphatic rings. The Bertz CT molecular complexity index is 1540. The van der Waals surface area contributed by atoms with Crippen molar-refractivity contribution in [3.05, 3.63) is 93.6 Å². The number of amides is 1. The minimum Gasteiger partial charge on any atom is -0.481 e. The van der Waals surface area contributed by atoms with E-state index in [9.17, 15) is 41.4 Å². The third-order valence-electron chi connectivity index (χ3n) is 7.38. The van der Waals surface area contributed by atoms with Crippen LogP contribution in [0.2, 0.25) is 10.0 Å². The Kier molecular flexibility index (Phi) is 9.84. The Balaban J connectivity index is 1.95. The summed E-state index contributed by atoms with van der Waals surface area (Å²) in [5.74, 6) is -6.18. The molecule has 14 heteroatoms. The lowest BCUT2D eigenvalue weighted by Crippen LogP contribution is -2.54. The molecule has 2 unspecified atom stereocenters. The minimum atomic E-state index is -5.36. The van der Waals surface area contributed by atoms with Crippen molar-refractivity contribution >= 4 is 41.0 Å². The smallest absolute Gasteiger partial charge is 0.481 e. The molecule has 4 atom stereocenters. The van der Waals surface area contributed by atoms with Crippen molar-refractivity contribution in [2.45, 2.75) is 56.8 Å². The Morgan fingerprint density at radius 2 is 1.70 bits per heavy atom. The normalized spacial score (nSPS) is 21.3. The number of carboxylic acid groups (broad SMARTS) is 1. The average molecular weight is 659 g/mol. The second kappa shape index (κ2) is 13.1. The van der Waals surface area contributed by atoms with Crippen LogP contribution in [-0.4, -0.2) is 45.4 Å². The summed E-state index contributed by atoms with van der Waals surface area (Å²) >= 11 is 12.4. The Hall–Kier alpha value is -3.77. The van der Waals surface area contributed by atoms with E-state index in [0.29, 0.717) is 21.2 Å². The monoisotopic (exact) mass is 658 g/mol. The van der Waals surface area contributed by atoms with Gasteiger partial charge in [0.25, 0.3) is 0 Å². The average Bonchev–Trinajstić information content (AvgIpc) is 2.93. The highest BCUT2D eigenvalue weighted by Gasteiger charge is 2.53. The third-order valence-corrected chi connectivity index (χ3v) is 7.87. The zero-order valence-electron chi connectivity index (χ0n) is 22.9. The first-order valence-corrected chi connectivity index (χ1v) is 13.9. The number of likely N-dealkylation sites (tertiary alicyclic amines) is 1. The van der Waals surface area contributed by atoms with Gasteiger partial charge in [-0.25, -0.2) is 18.6 Å². The fourth-order valence-electron chi connectivity index (χ4n) is 5.60. The number of carbonyl (C=O) groups excluding carboxylic acids is 2. The van der Waals surface area contributed by atoms with Crippen LogP contribution in [-0.2, 0) is 14.4 Å². The fraction of sp³-hybridized carbons (Fsp3) is 0.333. The lowest BCUT2D eigenvalue weighted by molar-refractivity contribution is -0.190. The van der Waals surface area contributed by atoms with Gasteiger partial charge in [-0.3, -0.25) is 9.59 Å². The van der Waals surface area contributed by atoms with Crippen LogP contribution in [0.3, 0.4) is 0 Å². The summed E-state index contributed by atoms with van der Waals surface area (Å²) in [6.07, 6.45) is -10.1. The lowest BCUT2D eigenvalue weighted by atomic mass is 9.67. The van der Waals surface area contributed by atoms with E-state index < -0.39 is 72.6 Å². The number of piperidine rings is 1. The van der Waals surface area contributed by atoms with Crippen molar-refractivity contribution < 1.29 is 46.2 Å². The minimum absolute atomic E-state index is 0.0136. The molecule has 44 heavy (non-hydrogen) atoms. The van der Waals surface area contributed by atoms with Gasteiger partial charge in [-0.05, 0) is 47.9 Å². The predicted molar refractivity (Wildman–Crippen MR) is 149 cm³/mol. The highest BCUT2D eigenvalue weighted by Crippen LogP contribution is 2.54. The molecule has 4 rings (SSSR count). The van der Waals surface area contributed by atoms with E-state index in [1.807, 2.05) is 0 Å². The first-order valence-electron chi connectivity index (χ1n) is 13.2. The second-order valence-electron chi connectivity index (χ2n) is 10.6. The van der Waals surface area contributed by atoms with Gasteiger partial charge in [0, 0.05) is 28.5 Å². The summed E-state index contributed by atoms with van der Waals surface area (Å²) < 4.78 is 71.5. The van der Waals surface area contributed by atoms with Gasteiger partial charge in [0.1, 0.15) is 0 Å². The van der Waals surface area contributed by atoms with Crippen molar-refractivity contribution in [3.63, 3.8) is 0 Å². The summed E-state index contributed by atoms with van der Waals surface area (Å²) in [5, 5.41) is 10.4. The molecule has 0 spiro atoms. The fourth-order valence-corrected chi connectivity index (χ4v) is 5.92. The number of esters is 1. The van der Waals surface area contributed by atoms with Crippen molar-refractivity contribution in [3.8, 4) is 5.88 Å². The number of benzene rings is 2. The van der Waals surface area contributed by atoms with Crippen molar-refractivity contribution in [1.82, 2.24) is 9.88 Å². The van der Waals surface area contributed by atoms with Crippen LogP contribution in [0.5, 0.6) is 5.88 Å². The first kappa shape index (κ1) is 33.1. The number of pyridine rings is 1. The molecule has 2 heterocycles. The summed E-state index contributed by atoms with van der Waals surface area (Å²) in [6.45, 7) is 1.42. The van der Waals surface area contributed by atoms with Crippen LogP contribution in [0.15, 0.2) is 66.7 Å². The largest absolute Gasteiger partial charge is 0.491 e. The number of hydrogen-bond donors (Lipinski definition) is 1. The Labute approximate surface area is 258 Å². The molecular formula is C30H25Cl2F5N2O5. The van der Waals surface area contributed by atoms with E-state index in [-0.39, 0.29) is 12.1 Å². The van der Waals surface area contributed by atoms with Gasteiger partial charge in [0.15, 0.2) is 0 Å². The molecule has 0 aliphatic carbocycles. The van der Waals surface area contributed by atoms with Gasteiger partial charge in [-0.15, -0.1) is 0 Å². The van der Waals surface area contributed by atoms with Crippen LogP contribution in [0.4, 0.5) is 22.0 Å². The molecule has 1 aliphatic heterocycles. The number of hydrogen-bond acceptors (Lipinski definition) is 5. The number of nitrogens with zero attached hydrogens (tertiary/aromatic N) is 2. The summed E-state index contributed by atoms with van der Waals surface area (Å²) in [4.78, 5) is 42.9. The highest BCUT2D eigenvalue weighted by atomic mass is 35.5. The van der Waals surface area contributed by atoms with E-state index in [1.165, 1.54) is 25.1 Å². The Morgan fingerprint density at radius 3 is 2.30 bits per heavy atom. The molecular weight excluding hydrogens is 634 g/mol. The molecule has 1 amide bonds. The zero-order valence-corrected chi connectivity index (χ0v) is 24.4. The summed E-state index contributed by atoms with van der Waals surface area (Å²) in [7, 11) is 0. The molecule has 0 bridgehead atoms. The maximum Gasteiger partial charge on any atom is 0.491 e. The molecule has 3 aromatic rings. The van der Waals surface area contributed by atoms with Crippen LogP contribution in [0, 0.1) is 5.41 Å². The number of rotatable bonds is 9. The molecule has 7 nitrogen and oxygen atoms in total. The number of aromatic nitrogens is 1. The number of halogens is 7. The number of alkyl halides is 5. The van der Waals surface area contributed by atoms with Gasteiger partial charge in [-0.2, -0.15) is 13.2 Å². The van der Waals surface area contributed by atoms with Crippen molar-refractivity contribution in [2.24, 2.45) is 5.41 Å². The number of carbonyl (C=O) groups is 3. The molecule has 1 fully saturated rings. The number of aliphatic carboxylic acids is 1. The van der Waals surface area contributed by atoms with Crippen LogP contribution >= 0.6 is 23.2 Å². The lowest BCUT2D eigenvalue weighted by Gasteiger charge is -2.51. The van der Waals surface area contributed by atoms with Gasteiger partial charge >= 0.3 is 18.1 Å². The zero-order chi connectivity index (χ0) is 32.4. The van der Waals surface area contributed by atoms with E-state index in [2.05, 4.69) is 9.72 Å². The van der Waals surface area contributed by atoms with E-state index in [1.54, 1.807) is 36.4 Å². The maximum absolute atomic E-state index is 14.4. The van der Waals surface area contributed by atoms with Crippen molar-refractivity contribution in [1.29, 1.82) is 0 Å². The summed E-state index contributed by atoms with van der Waals surface area (Å²) in [5.41, 5.74) is -0.857. The maximum atomic E-state index is 14.4. The quantitative estimate of drug-likeness (QED) is 0.186. The molecule has 1 saturated heterocycles. The standard InChI is InChI=1S/C30H25Cl2F5N2O5/c1-29(15-25(40)41)14-20(17-4-2-5-19(32)12-17)26(16-8-10-18(31)11-9-16)39(27(29)42)22(13-23(33)34)21-6-3-7-24(38-21)44-28(43)30(35,36)37/h2-12,20,22-23,26H,13-15H2,1H3,(H,40,41)/t20-,22?,26-,29?/m1/s1. The third kappa shape index (κ3) is 7.47. The van der Waals surface area contributed by atoms with Gasteiger partial charge < -0.3 is 14.7 Å².